The van der Waals surface area contributed by atoms with Crippen LogP contribution in [-0.4, -0.2) is 37.2 Å². The Morgan fingerprint density at radius 3 is 0.753 bits per heavy atom. The molecule has 0 aliphatic heterocycles. The SMILES string of the molecule is CC/C=C\C/C=C\C/C=C\C/C=C\C/C=C\C/C=C\C/C=C\CCCC(=O)OCC(COC(=O)CCCCC/C=C\C/C=C\C/C=C\C/C=C\C/C=C\CC)OC(=O)CCCCCCC/C=C\C/C=C\C/C=C\C/C=C\C/C=C\CC. The fourth-order valence-corrected chi connectivity index (χ4v) is 7.66. The highest BCUT2D eigenvalue weighted by molar-refractivity contribution is 5.71. The summed E-state index contributed by atoms with van der Waals surface area (Å²) < 4.78 is 16.8. The van der Waals surface area contributed by atoms with Crippen LogP contribution in [0.4, 0.5) is 0 Å². The molecule has 0 aromatic carbocycles. The second-order valence-electron chi connectivity index (χ2n) is 19.8. The average molecular weight is 1110 g/mol. The fraction of sp³-hybridized carbons (Fsp3) is 0.507. The minimum Gasteiger partial charge on any atom is -0.462 e. The van der Waals surface area contributed by atoms with Gasteiger partial charge in [-0.15, -0.1) is 0 Å². The number of unbranched alkanes of at least 4 members (excludes halogenated alkanes) is 9. The predicted molar refractivity (Wildman–Crippen MR) is 352 cm³/mol. The van der Waals surface area contributed by atoms with E-state index in [2.05, 4.69) is 227 Å². The third kappa shape index (κ3) is 64.7. The van der Waals surface area contributed by atoms with Crippen LogP contribution < -0.4 is 0 Å². The molecule has 0 bridgehead atoms. The topological polar surface area (TPSA) is 78.9 Å². The van der Waals surface area contributed by atoms with Crippen LogP contribution in [0.3, 0.4) is 0 Å². The number of esters is 3. The van der Waals surface area contributed by atoms with E-state index in [-0.39, 0.29) is 44.0 Å². The maximum absolute atomic E-state index is 12.9. The van der Waals surface area contributed by atoms with Gasteiger partial charge in [-0.1, -0.05) is 253 Å². The summed E-state index contributed by atoms with van der Waals surface area (Å²) in [6.45, 7) is 6.19. The summed E-state index contributed by atoms with van der Waals surface area (Å²) >= 11 is 0. The number of carbonyl (C=O) groups excluding carboxylic acids is 3. The molecule has 0 rings (SSSR count). The van der Waals surface area contributed by atoms with E-state index >= 15 is 0 Å². The Labute approximate surface area is 496 Å². The minimum atomic E-state index is -0.842. The summed E-state index contributed by atoms with van der Waals surface area (Å²) in [4.78, 5) is 38.3. The van der Waals surface area contributed by atoms with E-state index in [0.717, 1.165) is 180 Å². The molecule has 6 nitrogen and oxygen atoms in total. The van der Waals surface area contributed by atoms with Gasteiger partial charge in [-0.25, -0.2) is 0 Å². The van der Waals surface area contributed by atoms with Gasteiger partial charge in [0.25, 0.3) is 0 Å². The summed E-state index contributed by atoms with van der Waals surface area (Å²) in [5, 5.41) is 0. The van der Waals surface area contributed by atoms with E-state index < -0.39 is 6.10 Å². The third-order valence-corrected chi connectivity index (χ3v) is 12.3. The van der Waals surface area contributed by atoms with Crippen molar-refractivity contribution in [3.8, 4) is 0 Å². The molecule has 0 amide bonds. The first-order valence-electron chi connectivity index (χ1n) is 31.6. The molecule has 0 saturated heterocycles. The fourth-order valence-electron chi connectivity index (χ4n) is 7.66. The Bertz CT molecular complexity index is 2000. The lowest BCUT2D eigenvalue weighted by Crippen LogP contribution is -2.30. The lowest BCUT2D eigenvalue weighted by molar-refractivity contribution is -0.167. The highest BCUT2D eigenvalue weighted by atomic mass is 16.6. The van der Waals surface area contributed by atoms with E-state index in [1.54, 1.807) is 0 Å². The van der Waals surface area contributed by atoms with Crippen molar-refractivity contribution in [2.45, 2.75) is 232 Å². The van der Waals surface area contributed by atoms with Crippen molar-refractivity contribution in [1.29, 1.82) is 0 Å². The Hall–Kier alpha value is -6.01. The van der Waals surface area contributed by atoms with Crippen LogP contribution in [0.15, 0.2) is 207 Å². The Morgan fingerprint density at radius 2 is 0.457 bits per heavy atom. The minimum absolute atomic E-state index is 0.134. The monoisotopic (exact) mass is 1110 g/mol. The smallest absolute Gasteiger partial charge is 0.306 e. The molecule has 0 aliphatic carbocycles. The Morgan fingerprint density at radius 1 is 0.247 bits per heavy atom. The summed E-state index contributed by atoms with van der Waals surface area (Å²) in [5.41, 5.74) is 0. The molecule has 0 saturated carbocycles. The largest absolute Gasteiger partial charge is 0.462 e. The molecule has 1 unspecified atom stereocenters. The molecular formula is C75H112O6. The second kappa shape index (κ2) is 66.5. The number of ether oxygens (including phenoxy) is 3. The molecular weight excluding hydrogens is 997 g/mol. The first-order chi connectivity index (χ1) is 40.0. The standard InChI is InChI=1S/C75H112O6/c1-4-7-10-13-16-19-22-25-28-31-34-36-37-39-41-44-47-50-53-56-59-62-65-68-74(77)80-71-72(70-79-73(76)67-64-61-58-55-52-49-46-43-40-33-30-27-24-21-18-15-12-9-6-3)81-75(78)69-66-63-60-57-54-51-48-45-42-38-35-32-29-26-23-20-17-14-11-8-5-2/h7-12,16-21,25-30,34-36,38-41,43,45,47-50,52,56,59,72H,4-6,13-15,22-24,31-33,37,42,44,46,51,53-55,57-58,60-71H2,1-3H3/b10-7-,11-8-,12-9-,19-16-,20-17-,21-18-,28-25-,29-26-,30-27-,36-34-,38-35-,41-39-,43-40-,48-45-,50-47-,52-49-,59-56-. The van der Waals surface area contributed by atoms with Gasteiger partial charge in [0.2, 0.25) is 0 Å². The molecule has 0 aliphatic rings. The normalized spacial score (nSPS) is 13.6. The second-order valence-corrected chi connectivity index (χ2v) is 19.8. The molecule has 6 heteroatoms. The van der Waals surface area contributed by atoms with E-state index in [9.17, 15) is 14.4 Å². The van der Waals surface area contributed by atoms with Crippen LogP contribution in [-0.2, 0) is 28.6 Å². The summed E-state index contributed by atoms with van der Waals surface area (Å²) in [7, 11) is 0. The van der Waals surface area contributed by atoms with Crippen LogP contribution in [0.2, 0.25) is 0 Å². The average Bonchev–Trinajstić information content (AvgIpc) is 3.47. The van der Waals surface area contributed by atoms with E-state index in [4.69, 9.17) is 14.2 Å². The zero-order valence-electron chi connectivity index (χ0n) is 51.2. The number of hydrogen-bond donors (Lipinski definition) is 0. The van der Waals surface area contributed by atoms with Crippen LogP contribution >= 0.6 is 0 Å². The molecule has 448 valence electrons. The van der Waals surface area contributed by atoms with Gasteiger partial charge < -0.3 is 14.2 Å². The number of hydrogen-bond acceptors (Lipinski definition) is 6. The summed E-state index contributed by atoms with van der Waals surface area (Å²) in [5.74, 6) is -1.06. The van der Waals surface area contributed by atoms with Gasteiger partial charge in [0.15, 0.2) is 6.10 Å². The van der Waals surface area contributed by atoms with Gasteiger partial charge in [0.05, 0.1) is 0 Å². The zero-order chi connectivity index (χ0) is 58.5. The summed E-state index contributed by atoms with van der Waals surface area (Å²) in [6.07, 6.45) is 103. The lowest BCUT2D eigenvalue weighted by atomic mass is 10.1. The first kappa shape index (κ1) is 75.0. The van der Waals surface area contributed by atoms with Gasteiger partial charge in [-0.2, -0.15) is 0 Å². The Kier molecular flexibility index (Phi) is 61.6. The molecule has 0 heterocycles. The molecule has 0 aromatic rings. The molecule has 0 spiro atoms. The molecule has 0 fully saturated rings. The molecule has 1 atom stereocenters. The predicted octanol–water partition coefficient (Wildman–Crippen LogP) is 22.0. The van der Waals surface area contributed by atoms with Crippen LogP contribution in [0.1, 0.15) is 226 Å². The van der Waals surface area contributed by atoms with Gasteiger partial charge in [0, 0.05) is 19.3 Å². The van der Waals surface area contributed by atoms with Gasteiger partial charge in [0.1, 0.15) is 13.2 Å². The quantitative estimate of drug-likeness (QED) is 0.0261. The highest BCUT2D eigenvalue weighted by Crippen LogP contribution is 2.12. The maximum Gasteiger partial charge on any atom is 0.306 e. The van der Waals surface area contributed by atoms with Gasteiger partial charge >= 0.3 is 17.9 Å². The van der Waals surface area contributed by atoms with E-state index in [1.165, 1.54) is 0 Å². The van der Waals surface area contributed by atoms with Crippen molar-refractivity contribution >= 4 is 17.9 Å². The highest BCUT2D eigenvalue weighted by Gasteiger charge is 2.19. The molecule has 0 aromatic heterocycles. The third-order valence-electron chi connectivity index (χ3n) is 12.3. The number of carbonyl (C=O) groups is 3. The molecule has 81 heavy (non-hydrogen) atoms. The van der Waals surface area contributed by atoms with Crippen molar-refractivity contribution in [2.75, 3.05) is 13.2 Å². The van der Waals surface area contributed by atoms with Crippen molar-refractivity contribution in [3.63, 3.8) is 0 Å². The number of allylic oxidation sites excluding steroid dienone is 34. The number of rotatable bonds is 54. The van der Waals surface area contributed by atoms with Crippen LogP contribution in [0.25, 0.3) is 0 Å². The van der Waals surface area contributed by atoms with Gasteiger partial charge in [-0.05, 0) is 161 Å². The molecule has 0 N–H and O–H groups in total. The van der Waals surface area contributed by atoms with E-state index in [0.29, 0.717) is 12.8 Å². The first-order valence-corrected chi connectivity index (χ1v) is 31.6. The van der Waals surface area contributed by atoms with Crippen molar-refractivity contribution in [3.05, 3.63) is 207 Å². The Balaban J connectivity index is 4.64. The zero-order valence-corrected chi connectivity index (χ0v) is 51.2. The van der Waals surface area contributed by atoms with Crippen LogP contribution in [0.5, 0.6) is 0 Å². The summed E-state index contributed by atoms with van der Waals surface area (Å²) in [6, 6.07) is 0. The van der Waals surface area contributed by atoms with Crippen molar-refractivity contribution in [1.82, 2.24) is 0 Å². The lowest BCUT2D eigenvalue weighted by Gasteiger charge is -2.18. The maximum atomic E-state index is 12.9. The van der Waals surface area contributed by atoms with Gasteiger partial charge in [-0.3, -0.25) is 14.4 Å². The molecule has 0 radical (unpaired) electrons. The van der Waals surface area contributed by atoms with Crippen molar-refractivity contribution in [2.24, 2.45) is 0 Å². The van der Waals surface area contributed by atoms with Crippen molar-refractivity contribution < 1.29 is 28.6 Å². The van der Waals surface area contributed by atoms with Crippen LogP contribution in [0, 0.1) is 0 Å². The van der Waals surface area contributed by atoms with E-state index in [1.807, 2.05) is 0 Å².